The molecule has 4 heterocycles. The summed E-state index contributed by atoms with van der Waals surface area (Å²) in [4.78, 5) is 13.5. The van der Waals surface area contributed by atoms with Gasteiger partial charge in [-0.1, -0.05) is 24.8 Å². The third-order valence-electron chi connectivity index (χ3n) is 7.13. The smallest absolute Gasteiger partial charge is 0.129 e. The van der Waals surface area contributed by atoms with Crippen molar-refractivity contribution >= 4 is 28.5 Å². The highest BCUT2D eigenvalue weighted by Gasteiger charge is 2.21. The summed E-state index contributed by atoms with van der Waals surface area (Å²) in [5, 5.41) is 9.69. The first-order valence-electron chi connectivity index (χ1n) is 12.5. The predicted octanol–water partition coefficient (Wildman–Crippen LogP) is 5.24. The number of rotatable bonds is 5. The average Bonchev–Trinajstić information content (AvgIpc) is 3.26. The van der Waals surface area contributed by atoms with E-state index in [4.69, 9.17) is 0 Å². The summed E-state index contributed by atoms with van der Waals surface area (Å²) in [6.07, 6.45) is 9.96. The van der Waals surface area contributed by atoms with Gasteiger partial charge in [0.2, 0.25) is 0 Å². The molecule has 0 amide bonds. The van der Waals surface area contributed by atoms with Crippen molar-refractivity contribution in [3.8, 4) is 11.1 Å². The van der Waals surface area contributed by atoms with Crippen molar-refractivity contribution in [3.05, 3.63) is 72.8 Å². The maximum Gasteiger partial charge on any atom is 0.129 e. The molecule has 188 valence electrons. The first kappa shape index (κ1) is 25.4. The van der Waals surface area contributed by atoms with Crippen LogP contribution in [0.2, 0.25) is 0 Å². The minimum Gasteiger partial charge on any atom is -0.373 e. The second kappa shape index (κ2) is 11.4. The molecular formula is C29H37N7. The van der Waals surface area contributed by atoms with Crippen molar-refractivity contribution in [2.24, 2.45) is 7.05 Å². The molecule has 1 N–H and O–H groups in total. The van der Waals surface area contributed by atoms with Gasteiger partial charge in [0.15, 0.2) is 0 Å². The third-order valence-corrected chi connectivity index (χ3v) is 7.13. The Balaban J connectivity index is 0.000000170. The third kappa shape index (κ3) is 5.74. The Labute approximate surface area is 214 Å². The second-order valence-corrected chi connectivity index (χ2v) is 9.45. The van der Waals surface area contributed by atoms with Crippen molar-refractivity contribution in [1.82, 2.24) is 24.6 Å². The maximum atomic E-state index is 4.45. The number of anilines is 2. The monoisotopic (exact) mass is 483 g/mol. The summed E-state index contributed by atoms with van der Waals surface area (Å²) in [6, 6.07) is 13.2. The zero-order chi connectivity index (χ0) is 25.7. The topological polar surface area (TPSA) is 62.1 Å². The van der Waals surface area contributed by atoms with Gasteiger partial charge in [-0.25, -0.2) is 9.97 Å². The van der Waals surface area contributed by atoms with Crippen molar-refractivity contribution in [2.45, 2.75) is 25.8 Å². The van der Waals surface area contributed by atoms with Gasteiger partial charge in [-0.05, 0) is 80.7 Å². The fourth-order valence-electron chi connectivity index (χ4n) is 4.55. The van der Waals surface area contributed by atoms with Crippen LogP contribution in [0.3, 0.4) is 0 Å². The van der Waals surface area contributed by atoms with E-state index in [1.807, 2.05) is 49.5 Å². The number of likely N-dealkylation sites (tertiary alicyclic amines) is 1. The molecule has 1 aliphatic rings. The van der Waals surface area contributed by atoms with Gasteiger partial charge in [-0.2, -0.15) is 5.10 Å². The summed E-state index contributed by atoms with van der Waals surface area (Å²) >= 11 is 0. The molecule has 36 heavy (non-hydrogen) atoms. The van der Waals surface area contributed by atoms with Crippen molar-refractivity contribution < 1.29 is 0 Å². The molecule has 0 unspecified atom stereocenters. The number of aryl methyl sites for hydroxylation is 1. The van der Waals surface area contributed by atoms with Crippen LogP contribution < -0.4 is 10.2 Å². The van der Waals surface area contributed by atoms with E-state index in [0.717, 1.165) is 22.6 Å². The first-order chi connectivity index (χ1) is 17.4. The Bertz CT molecular complexity index is 1320. The van der Waals surface area contributed by atoms with Gasteiger partial charge in [0.1, 0.15) is 11.6 Å². The Kier molecular flexibility index (Phi) is 8.00. The van der Waals surface area contributed by atoms with E-state index in [-0.39, 0.29) is 0 Å². The van der Waals surface area contributed by atoms with E-state index in [1.165, 1.54) is 48.1 Å². The molecule has 0 radical (unpaired) electrons. The highest BCUT2D eigenvalue weighted by Crippen LogP contribution is 2.27. The molecule has 5 rings (SSSR count). The molecule has 7 heteroatoms. The van der Waals surface area contributed by atoms with E-state index in [9.17, 15) is 0 Å². The van der Waals surface area contributed by atoms with E-state index >= 15 is 0 Å². The zero-order valence-corrected chi connectivity index (χ0v) is 22.1. The number of piperidine rings is 1. The van der Waals surface area contributed by atoms with Crippen molar-refractivity contribution in [2.75, 3.05) is 44.4 Å². The number of fused-ring (bicyclic) bond motifs is 1. The normalized spacial score (nSPS) is 14.2. The molecule has 3 aromatic heterocycles. The summed E-state index contributed by atoms with van der Waals surface area (Å²) in [5.74, 6) is 1.93. The Morgan fingerprint density at radius 3 is 2.47 bits per heavy atom. The molecule has 0 bridgehead atoms. The number of benzene rings is 1. The lowest BCUT2D eigenvalue weighted by molar-refractivity contribution is 0.252. The quantitative estimate of drug-likeness (QED) is 0.419. The number of pyridine rings is 2. The minimum atomic E-state index is 0.610. The molecule has 0 saturated carbocycles. The van der Waals surface area contributed by atoms with E-state index in [2.05, 4.69) is 88.1 Å². The molecule has 4 aromatic rings. The molecule has 1 saturated heterocycles. The van der Waals surface area contributed by atoms with Gasteiger partial charge < -0.3 is 15.1 Å². The SMILES string of the molecule is C=Cc1ccnc(N(C)C2CCN(C)CC2)c1.CNc1cc2cc(-c3cnn(C)c3C)ccc2cn1. The van der Waals surface area contributed by atoms with Gasteiger partial charge in [0.05, 0.1) is 6.20 Å². The van der Waals surface area contributed by atoms with Crippen LogP contribution in [0.1, 0.15) is 24.1 Å². The largest absolute Gasteiger partial charge is 0.373 e. The number of hydrogen-bond donors (Lipinski definition) is 1. The maximum absolute atomic E-state index is 4.45. The second-order valence-electron chi connectivity index (χ2n) is 9.45. The van der Waals surface area contributed by atoms with Crippen molar-refractivity contribution in [3.63, 3.8) is 0 Å². The summed E-state index contributed by atoms with van der Waals surface area (Å²) in [7, 11) is 8.17. The van der Waals surface area contributed by atoms with Gasteiger partial charge in [-0.15, -0.1) is 0 Å². The molecule has 1 aliphatic heterocycles. The first-order valence-corrected chi connectivity index (χ1v) is 12.5. The number of nitrogens with one attached hydrogen (secondary N) is 1. The van der Waals surface area contributed by atoms with Gasteiger partial charge in [0.25, 0.3) is 0 Å². The fourth-order valence-corrected chi connectivity index (χ4v) is 4.55. The van der Waals surface area contributed by atoms with Gasteiger partial charge in [-0.3, -0.25) is 4.68 Å². The summed E-state index contributed by atoms with van der Waals surface area (Å²) < 4.78 is 1.89. The molecule has 7 nitrogen and oxygen atoms in total. The van der Waals surface area contributed by atoms with Crippen molar-refractivity contribution in [1.29, 1.82) is 0 Å². The fraction of sp³-hybridized carbons (Fsp3) is 0.345. The molecule has 1 aromatic carbocycles. The van der Waals surface area contributed by atoms with Crippen LogP contribution in [0.5, 0.6) is 0 Å². The summed E-state index contributed by atoms with van der Waals surface area (Å²) in [5.41, 5.74) is 4.66. The highest BCUT2D eigenvalue weighted by atomic mass is 15.3. The van der Waals surface area contributed by atoms with Gasteiger partial charge >= 0.3 is 0 Å². The predicted molar refractivity (Wildman–Crippen MR) is 151 cm³/mol. The van der Waals surface area contributed by atoms with Crippen LogP contribution in [-0.4, -0.2) is 64.9 Å². The Morgan fingerprint density at radius 2 is 1.81 bits per heavy atom. The highest BCUT2D eigenvalue weighted by molar-refractivity contribution is 5.88. The van der Waals surface area contributed by atoms with E-state index < -0.39 is 0 Å². The van der Waals surface area contributed by atoms with Crippen LogP contribution in [0.4, 0.5) is 11.6 Å². The van der Waals surface area contributed by atoms with Crippen LogP contribution in [0.15, 0.2) is 61.6 Å². The minimum absolute atomic E-state index is 0.610. The molecule has 0 spiro atoms. The Hall–Kier alpha value is -3.71. The number of hydrogen-bond acceptors (Lipinski definition) is 6. The van der Waals surface area contributed by atoms with E-state index in [1.54, 1.807) is 0 Å². The number of aromatic nitrogens is 4. The lowest BCUT2D eigenvalue weighted by atomic mass is 10.0. The van der Waals surface area contributed by atoms with Crippen LogP contribution in [0.25, 0.3) is 28.0 Å². The lowest BCUT2D eigenvalue weighted by Crippen LogP contribution is -2.42. The van der Waals surface area contributed by atoms with Crippen LogP contribution in [-0.2, 0) is 7.05 Å². The van der Waals surface area contributed by atoms with E-state index in [0.29, 0.717) is 6.04 Å². The molecule has 0 aliphatic carbocycles. The lowest BCUT2D eigenvalue weighted by Gasteiger charge is -2.35. The van der Waals surface area contributed by atoms with Crippen LogP contribution in [0, 0.1) is 6.92 Å². The molecule has 1 fully saturated rings. The average molecular weight is 484 g/mol. The number of nitrogens with zero attached hydrogens (tertiary/aromatic N) is 6. The summed E-state index contributed by atoms with van der Waals surface area (Å²) in [6.45, 7) is 8.24. The Morgan fingerprint density at radius 1 is 1.03 bits per heavy atom. The van der Waals surface area contributed by atoms with Gasteiger partial charge in [0, 0.05) is 56.2 Å². The van der Waals surface area contributed by atoms with Crippen LogP contribution >= 0.6 is 0 Å². The standard InChI is InChI=1S/C15H16N4.C14H21N3/c1-10-14(9-18-19(10)3)11-4-5-12-8-17-15(16-2)7-13(12)6-11;1-4-12-5-8-15-14(11-12)17(3)13-6-9-16(2)10-7-13/h4-9H,1-3H3,(H,16,17);4-5,8,11,13H,1,6-7,9-10H2,2-3H3. The zero-order valence-electron chi connectivity index (χ0n) is 22.1. The molecule has 0 atom stereocenters. The molecular weight excluding hydrogens is 446 g/mol.